The molecule has 0 aromatic heterocycles. The Morgan fingerprint density at radius 3 is 2.92 bits per heavy atom. The Balaban J connectivity index is 2.96. The highest BCUT2D eigenvalue weighted by Crippen LogP contribution is 2.25. The first-order valence-electron chi connectivity index (χ1n) is 3.91. The van der Waals surface area contributed by atoms with Crippen LogP contribution in [0.5, 0.6) is 11.5 Å². The number of hydrogen-bond acceptors (Lipinski definition) is 4. The number of phenolic OH excluding ortho intramolecular Hbond substituents is 1. The normalized spacial score (nSPS) is 10.5. The van der Waals surface area contributed by atoms with Gasteiger partial charge in [-0.25, -0.2) is 0 Å². The molecule has 0 unspecified atom stereocenters. The molecule has 2 N–H and O–H groups in total. The Morgan fingerprint density at radius 1 is 1.54 bits per heavy atom. The SMILES string of the molecule is CCOc1cc(/C=N\O)ccc1O. The molecule has 0 aliphatic heterocycles. The summed E-state index contributed by atoms with van der Waals surface area (Å²) in [6.07, 6.45) is 1.27. The molecule has 1 aromatic carbocycles. The van der Waals surface area contributed by atoms with E-state index >= 15 is 0 Å². The van der Waals surface area contributed by atoms with Crippen LogP contribution in [-0.4, -0.2) is 23.1 Å². The average molecular weight is 181 g/mol. The number of rotatable bonds is 3. The van der Waals surface area contributed by atoms with E-state index in [4.69, 9.17) is 9.94 Å². The van der Waals surface area contributed by atoms with Gasteiger partial charge in [0.1, 0.15) is 0 Å². The third kappa shape index (κ3) is 2.37. The van der Waals surface area contributed by atoms with Crippen LogP contribution in [0.25, 0.3) is 0 Å². The molecular formula is C9H11NO3. The number of ether oxygens (including phenoxy) is 1. The Bertz CT molecular complexity index is 310. The molecule has 1 rings (SSSR count). The van der Waals surface area contributed by atoms with Gasteiger partial charge < -0.3 is 15.1 Å². The summed E-state index contributed by atoms with van der Waals surface area (Å²) >= 11 is 0. The first-order chi connectivity index (χ1) is 6.27. The van der Waals surface area contributed by atoms with Crippen LogP contribution < -0.4 is 4.74 Å². The zero-order valence-electron chi connectivity index (χ0n) is 7.27. The molecule has 0 saturated carbocycles. The zero-order chi connectivity index (χ0) is 9.68. The predicted molar refractivity (Wildman–Crippen MR) is 48.7 cm³/mol. The lowest BCUT2D eigenvalue weighted by Crippen LogP contribution is -1.93. The van der Waals surface area contributed by atoms with Crippen molar-refractivity contribution in [1.29, 1.82) is 0 Å². The van der Waals surface area contributed by atoms with E-state index in [0.29, 0.717) is 17.9 Å². The molecule has 4 nitrogen and oxygen atoms in total. The lowest BCUT2D eigenvalue weighted by molar-refractivity contribution is 0.317. The molecule has 0 spiro atoms. The third-order valence-corrected chi connectivity index (χ3v) is 1.49. The summed E-state index contributed by atoms with van der Waals surface area (Å²) < 4.78 is 5.13. The van der Waals surface area contributed by atoms with Gasteiger partial charge in [-0.2, -0.15) is 0 Å². The molecule has 0 amide bonds. The van der Waals surface area contributed by atoms with Crippen LogP contribution in [0.4, 0.5) is 0 Å². The van der Waals surface area contributed by atoms with Crippen molar-refractivity contribution in [3.05, 3.63) is 23.8 Å². The monoisotopic (exact) mass is 181 g/mol. The Kier molecular flexibility index (Phi) is 3.14. The minimum Gasteiger partial charge on any atom is -0.504 e. The van der Waals surface area contributed by atoms with E-state index in [0.717, 1.165) is 0 Å². The van der Waals surface area contributed by atoms with Gasteiger partial charge in [0.25, 0.3) is 0 Å². The molecule has 4 heteroatoms. The fourth-order valence-electron chi connectivity index (χ4n) is 0.949. The minimum absolute atomic E-state index is 0.0805. The first-order valence-corrected chi connectivity index (χ1v) is 3.91. The van der Waals surface area contributed by atoms with Gasteiger partial charge >= 0.3 is 0 Å². The topological polar surface area (TPSA) is 62.0 Å². The van der Waals surface area contributed by atoms with E-state index in [1.54, 1.807) is 12.1 Å². The van der Waals surface area contributed by atoms with Crippen molar-refractivity contribution in [2.24, 2.45) is 5.16 Å². The van der Waals surface area contributed by atoms with Crippen molar-refractivity contribution in [2.75, 3.05) is 6.61 Å². The van der Waals surface area contributed by atoms with E-state index in [-0.39, 0.29) is 5.75 Å². The number of phenols is 1. The van der Waals surface area contributed by atoms with Crippen molar-refractivity contribution in [1.82, 2.24) is 0 Å². The molecule has 0 heterocycles. The highest BCUT2D eigenvalue weighted by atomic mass is 16.5. The predicted octanol–water partition coefficient (Wildman–Crippen LogP) is 1.60. The largest absolute Gasteiger partial charge is 0.504 e. The standard InChI is InChI=1S/C9H11NO3/c1-2-13-9-5-7(6-10-12)3-4-8(9)11/h3-6,11-12H,2H2,1H3/b10-6-. The van der Waals surface area contributed by atoms with Gasteiger partial charge in [0.15, 0.2) is 11.5 Å². The molecule has 0 saturated heterocycles. The minimum atomic E-state index is 0.0805. The zero-order valence-corrected chi connectivity index (χ0v) is 7.27. The number of hydrogen-bond donors (Lipinski definition) is 2. The van der Waals surface area contributed by atoms with Crippen LogP contribution in [0, 0.1) is 0 Å². The number of oxime groups is 1. The maximum absolute atomic E-state index is 9.30. The number of aromatic hydroxyl groups is 1. The maximum atomic E-state index is 9.30. The second-order valence-electron chi connectivity index (χ2n) is 2.40. The first kappa shape index (κ1) is 9.38. The molecule has 0 radical (unpaired) electrons. The molecule has 0 atom stereocenters. The van der Waals surface area contributed by atoms with Crippen LogP contribution in [0.3, 0.4) is 0 Å². The summed E-state index contributed by atoms with van der Waals surface area (Å²) in [6, 6.07) is 4.71. The molecule has 0 bridgehead atoms. The van der Waals surface area contributed by atoms with E-state index in [2.05, 4.69) is 5.16 Å². The highest BCUT2D eigenvalue weighted by Gasteiger charge is 2.01. The summed E-state index contributed by atoms with van der Waals surface area (Å²) in [7, 11) is 0. The van der Waals surface area contributed by atoms with Crippen LogP contribution >= 0.6 is 0 Å². The summed E-state index contributed by atoms with van der Waals surface area (Å²) in [5.41, 5.74) is 0.670. The van der Waals surface area contributed by atoms with Crippen LogP contribution in [0.1, 0.15) is 12.5 Å². The second kappa shape index (κ2) is 4.35. The van der Waals surface area contributed by atoms with Crippen molar-refractivity contribution in [2.45, 2.75) is 6.92 Å². The maximum Gasteiger partial charge on any atom is 0.161 e. The van der Waals surface area contributed by atoms with Gasteiger partial charge in [-0.3, -0.25) is 0 Å². The summed E-state index contributed by atoms with van der Waals surface area (Å²) in [6.45, 7) is 2.31. The molecule has 0 aliphatic carbocycles. The highest BCUT2D eigenvalue weighted by molar-refractivity contribution is 5.80. The summed E-state index contributed by atoms with van der Waals surface area (Å²) in [4.78, 5) is 0. The van der Waals surface area contributed by atoms with Gasteiger partial charge in [-0.1, -0.05) is 5.16 Å². The van der Waals surface area contributed by atoms with Gasteiger partial charge in [-0.05, 0) is 25.1 Å². The Labute approximate surface area is 76.1 Å². The molecule has 13 heavy (non-hydrogen) atoms. The lowest BCUT2D eigenvalue weighted by Gasteiger charge is -2.05. The van der Waals surface area contributed by atoms with Gasteiger partial charge in [0.05, 0.1) is 12.8 Å². The quantitative estimate of drug-likeness (QED) is 0.423. The molecular weight excluding hydrogens is 170 g/mol. The molecule has 70 valence electrons. The molecule has 0 aliphatic rings. The Morgan fingerprint density at radius 2 is 2.31 bits per heavy atom. The number of benzene rings is 1. The number of nitrogens with zero attached hydrogens (tertiary/aromatic N) is 1. The van der Waals surface area contributed by atoms with E-state index in [9.17, 15) is 5.11 Å². The second-order valence-corrected chi connectivity index (χ2v) is 2.40. The van der Waals surface area contributed by atoms with Crippen LogP contribution in [0.15, 0.2) is 23.4 Å². The van der Waals surface area contributed by atoms with Gasteiger partial charge in [0.2, 0.25) is 0 Å². The van der Waals surface area contributed by atoms with Crippen LogP contribution in [0.2, 0.25) is 0 Å². The summed E-state index contributed by atoms with van der Waals surface area (Å²) in [5, 5.41) is 20.5. The summed E-state index contributed by atoms with van der Waals surface area (Å²) in [5.74, 6) is 0.469. The van der Waals surface area contributed by atoms with Crippen molar-refractivity contribution in [3.8, 4) is 11.5 Å². The Hall–Kier alpha value is -1.71. The molecule has 0 fully saturated rings. The van der Waals surface area contributed by atoms with Gasteiger partial charge in [-0.15, -0.1) is 0 Å². The molecule has 1 aromatic rings. The third-order valence-electron chi connectivity index (χ3n) is 1.49. The van der Waals surface area contributed by atoms with E-state index in [1.165, 1.54) is 12.3 Å². The van der Waals surface area contributed by atoms with Crippen LogP contribution in [-0.2, 0) is 0 Å². The van der Waals surface area contributed by atoms with Crippen molar-refractivity contribution >= 4 is 6.21 Å². The lowest BCUT2D eigenvalue weighted by atomic mass is 10.2. The van der Waals surface area contributed by atoms with Crippen molar-refractivity contribution in [3.63, 3.8) is 0 Å². The van der Waals surface area contributed by atoms with Crippen molar-refractivity contribution < 1.29 is 15.1 Å². The smallest absolute Gasteiger partial charge is 0.161 e. The fraction of sp³-hybridized carbons (Fsp3) is 0.222. The van der Waals surface area contributed by atoms with E-state index < -0.39 is 0 Å². The average Bonchev–Trinajstić information content (AvgIpc) is 2.12. The van der Waals surface area contributed by atoms with E-state index in [1.807, 2.05) is 6.92 Å². The van der Waals surface area contributed by atoms with Gasteiger partial charge in [0, 0.05) is 5.56 Å². The fourth-order valence-corrected chi connectivity index (χ4v) is 0.949.